The summed E-state index contributed by atoms with van der Waals surface area (Å²) >= 11 is 0.835. The summed E-state index contributed by atoms with van der Waals surface area (Å²) in [7, 11) is 0. The number of hydrogen-bond acceptors (Lipinski definition) is 5. The average Bonchev–Trinajstić information content (AvgIpc) is 3.98. The van der Waals surface area contributed by atoms with Gasteiger partial charge >= 0.3 is 0 Å². The largest absolute Gasteiger partial charge is 0.456 e. The number of thiophene rings is 1. The molecule has 3 aromatic heterocycles. The number of fused-ring (bicyclic) bond motifs is 6. The zero-order chi connectivity index (χ0) is 50.1. The van der Waals surface area contributed by atoms with Crippen molar-refractivity contribution >= 4 is 53.4 Å². The van der Waals surface area contributed by atoms with Crippen molar-refractivity contribution in [3.63, 3.8) is 0 Å². The van der Waals surface area contributed by atoms with Crippen molar-refractivity contribution in [2.75, 3.05) is 0 Å². The molecule has 262 valence electrons. The molecule has 0 atom stereocenters. The van der Waals surface area contributed by atoms with E-state index in [-0.39, 0.29) is 49.3 Å². The molecule has 56 heavy (non-hydrogen) atoms. The van der Waals surface area contributed by atoms with E-state index in [4.69, 9.17) is 30.3 Å². The Balaban J connectivity index is 1.16. The van der Waals surface area contributed by atoms with Gasteiger partial charge in [-0.05, 0) is 69.7 Å². The van der Waals surface area contributed by atoms with E-state index in [1.807, 2.05) is 91.0 Å². The number of rotatable bonds is 6. The van der Waals surface area contributed by atoms with Crippen LogP contribution in [0, 0.1) is 0 Å². The number of benzene rings is 8. The topological polar surface area (TPSA) is 51.8 Å². The monoisotopic (exact) mass is 748 g/mol. The normalized spacial score (nSPS) is 15.3. The second-order valence-corrected chi connectivity index (χ2v) is 13.8. The van der Waals surface area contributed by atoms with Crippen molar-refractivity contribution in [2.45, 2.75) is 0 Å². The van der Waals surface area contributed by atoms with Gasteiger partial charge in [0, 0.05) is 47.6 Å². The molecule has 0 aliphatic carbocycles. The predicted octanol–water partition coefficient (Wildman–Crippen LogP) is 14.1. The fraction of sp³-hybridized carbons (Fsp3) is 0. The van der Waals surface area contributed by atoms with E-state index in [1.165, 1.54) is 0 Å². The lowest BCUT2D eigenvalue weighted by Gasteiger charge is -2.10. The van der Waals surface area contributed by atoms with Crippen molar-refractivity contribution < 1.29 is 25.0 Å². The van der Waals surface area contributed by atoms with Gasteiger partial charge in [-0.15, -0.1) is 11.3 Å². The van der Waals surface area contributed by atoms with Crippen LogP contribution in [-0.2, 0) is 0 Å². The van der Waals surface area contributed by atoms with E-state index in [2.05, 4.69) is 0 Å². The quantitative estimate of drug-likeness (QED) is 0.170. The Hall–Kier alpha value is -7.21. The van der Waals surface area contributed by atoms with E-state index in [0.29, 0.717) is 22.3 Å². The third-order valence-corrected chi connectivity index (χ3v) is 10.4. The molecule has 0 saturated carbocycles. The summed E-state index contributed by atoms with van der Waals surface area (Å²) in [6.07, 6.45) is 0. The van der Waals surface area contributed by atoms with Gasteiger partial charge in [-0.2, -0.15) is 0 Å². The summed E-state index contributed by atoms with van der Waals surface area (Å²) in [5.74, 6) is 0.281. The molecule has 0 spiro atoms. The van der Waals surface area contributed by atoms with E-state index in [1.54, 1.807) is 6.07 Å². The highest BCUT2D eigenvalue weighted by Crippen LogP contribution is 2.40. The van der Waals surface area contributed by atoms with Gasteiger partial charge in [0.25, 0.3) is 0 Å². The van der Waals surface area contributed by atoms with Gasteiger partial charge in [0.15, 0.2) is 17.5 Å². The van der Waals surface area contributed by atoms with Crippen LogP contribution in [0.25, 0.3) is 110 Å². The number of nitrogens with zero attached hydrogens (tertiary/aromatic N) is 3. The van der Waals surface area contributed by atoms with Gasteiger partial charge in [0.2, 0.25) is 0 Å². The maximum absolute atomic E-state index is 9.72. The second kappa shape index (κ2) is 13.3. The SMILES string of the molecule is [2H]c1c([2H])c([2H])c(-c2c([2H])c([2H])c([2H])c(-c3c([2H])c([2H])c4sc5c([2H])c(-c6nc(-c7ccc(-c8ccccc8)cc7)nc(-c7cccc8oc9ccccc9c78)n6)c([2H])c([2H])c5c4c3[2H])c2[2H])c([2H])c1[2H]. The minimum atomic E-state index is -0.827. The van der Waals surface area contributed by atoms with Gasteiger partial charge in [-0.3, -0.25) is 0 Å². The van der Waals surface area contributed by atoms with Crippen LogP contribution in [0.2, 0.25) is 0 Å². The Morgan fingerprint density at radius 1 is 0.393 bits per heavy atom. The van der Waals surface area contributed by atoms with Crippen molar-refractivity contribution in [1.82, 2.24) is 15.0 Å². The summed E-state index contributed by atoms with van der Waals surface area (Å²) in [5.41, 5.74) is 1.86. The fourth-order valence-corrected chi connectivity index (χ4v) is 7.71. The first-order chi connectivity index (χ1) is 34.0. The maximum atomic E-state index is 9.72. The highest BCUT2D eigenvalue weighted by atomic mass is 32.1. The smallest absolute Gasteiger partial charge is 0.164 e. The predicted molar refractivity (Wildman–Crippen MR) is 233 cm³/mol. The molecule has 5 heteroatoms. The molecule has 0 bridgehead atoms. The molecule has 0 unspecified atom stereocenters. The van der Waals surface area contributed by atoms with E-state index < -0.39 is 107 Å². The van der Waals surface area contributed by atoms with Crippen LogP contribution in [0.15, 0.2) is 192 Å². The van der Waals surface area contributed by atoms with Crippen LogP contribution < -0.4 is 0 Å². The molecule has 11 rings (SSSR count). The summed E-state index contributed by atoms with van der Waals surface area (Å²) in [6.45, 7) is 0. The van der Waals surface area contributed by atoms with Crippen molar-refractivity contribution in [3.8, 4) is 67.5 Å². The van der Waals surface area contributed by atoms with E-state index >= 15 is 0 Å². The van der Waals surface area contributed by atoms with Crippen molar-refractivity contribution in [2.24, 2.45) is 0 Å². The number of hydrogen-bond donors (Lipinski definition) is 0. The van der Waals surface area contributed by atoms with Gasteiger partial charge in [0.05, 0.1) is 20.6 Å². The zero-order valence-corrected chi connectivity index (χ0v) is 29.7. The molecule has 0 radical (unpaired) electrons. The Morgan fingerprint density at radius 2 is 1.05 bits per heavy atom. The van der Waals surface area contributed by atoms with Crippen LogP contribution in [0.4, 0.5) is 0 Å². The van der Waals surface area contributed by atoms with Gasteiger partial charge in [0.1, 0.15) is 11.2 Å². The minimum absolute atomic E-state index is 0.0153. The van der Waals surface area contributed by atoms with Gasteiger partial charge in [-0.25, -0.2) is 15.0 Å². The lowest BCUT2D eigenvalue weighted by atomic mass is 9.98. The fourth-order valence-electron chi connectivity index (χ4n) is 6.74. The van der Waals surface area contributed by atoms with Crippen LogP contribution in [0.3, 0.4) is 0 Å². The summed E-state index contributed by atoms with van der Waals surface area (Å²) in [5, 5.41) is 1.28. The van der Waals surface area contributed by atoms with Gasteiger partial charge < -0.3 is 4.42 Å². The molecule has 0 aliphatic heterocycles. The highest BCUT2D eigenvalue weighted by molar-refractivity contribution is 7.25. The standard InChI is InChI=1S/C51H31N3OS/c1-3-11-32(12-4-1)34-21-23-35(24-22-34)49-52-50(54-51(53-49)42-18-10-20-45-48(42)41-17-7-8-19-44(41)55-45)39-25-27-40-43-30-38(26-28-46(43)56-47(40)31-39)37-16-9-15-36(29-37)33-13-5-2-6-14-33/h1-31H/i2D,5D,6D,9D,13D,14D,15D,16D,25D,26D,27D,28D,29D,30D,31D. The molecule has 11 aromatic rings. The average molecular weight is 749 g/mol. The molecule has 0 amide bonds. The van der Waals surface area contributed by atoms with Crippen LogP contribution in [0.1, 0.15) is 20.6 Å². The Bertz CT molecular complexity index is 4090. The van der Waals surface area contributed by atoms with E-state index in [9.17, 15) is 9.60 Å². The molecule has 3 heterocycles. The van der Waals surface area contributed by atoms with Crippen molar-refractivity contribution in [3.05, 3.63) is 188 Å². The maximum Gasteiger partial charge on any atom is 0.164 e. The van der Waals surface area contributed by atoms with Crippen LogP contribution in [-0.4, -0.2) is 15.0 Å². The Morgan fingerprint density at radius 3 is 1.91 bits per heavy atom. The van der Waals surface area contributed by atoms with Gasteiger partial charge in [-0.1, -0.05) is 151 Å². The zero-order valence-electron chi connectivity index (χ0n) is 43.9. The summed E-state index contributed by atoms with van der Waals surface area (Å²) in [4.78, 5) is 14.7. The van der Waals surface area contributed by atoms with Crippen LogP contribution in [0.5, 0.6) is 0 Å². The lowest BCUT2D eigenvalue weighted by molar-refractivity contribution is 0.669. The van der Waals surface area contributed by atoms with E-state index in [0.717, 1.165) is 33.2 Å². The first-order valence-corrected chi connectivity index (χ1v) is 18.3. The number of furan rings is 1. The third-order valence-electron chi connectivity index (χ3n) is 9.39. The molecular formula is C51H31N3OS. The number of para-hydroxylation sites is 1. The first kappa shape index (κ1) is 20.5. The Labute approximate surface area is 348 Å². The molecule has 8 aromatic carbocycles. The third kappa shape index (κ3) is 5.65. The molecule has 4 nitrogen and oxygen atoms in total. The highest BCUT2D eigenvalue weighted by Gasteiger charge is 2.19. The van der Waals surface area contributed by atoms with Crippen molar-refractivity contribution in [1.29, 1.82) is 0 Å². The second-order valence-electron chi connectivity index (χ2n) is 12.8. The molecular weight excluding hydrogens is 703 g/mol. The minimum Gasteiger partial charge on any atom is -0.456 e. The molecule has 0 N–H and O–H groups in total. The Kier molecular flexibility index (Phi) is 4.85. The molecule has 0 aliphatic rings. The van der Waals surface area contributed by atoms with Crippen LogP contribution >= 0.6 is 11.3 Å². The molecule has 0 saturated heterocycles. The summed E-state index contributed by atoms with van der Waals surface area (Å²) in [6, 6.07) is 20.3. The summed E-state index contributed by atoms with van der Waals surface area (Å²) < 4.78 is 140. The lowest BCUT2D eigenvalue weighted by Crippen LogP contribution is -2.00. The first-order valence-electron chi connectivity index (χ1n) is 25.0. The molecule has 0 fully saturated rings. The number of aromatic nitrogens is 3.